The number of hydrogen-bond acceptors (Lipinski definition) is 5. The molecule has 0 aliphatic heterocycles. The van der Waals surface area contributed by atoms with Crippen molar-refractivity contribution < 1.29 is 23.0 Å². The van der Waals surface area contributed by atoms with E-state index in [9.17, 15) is 13.5 Å². The minimum Gasteiger partial charge on any atom is -0.495 e. The maximum Gasteiger partial charge on any atom is 0.244 e. The minimum absolute atomic E-state index is 0.0672. The molecule has 0 bridgehead atoms. The molecule has 1 fully saturated rings. The number of nitrogens with one attached hydrogen (secondary N) is 1. The van der Waals surface area contributed by atoms with E-state index in [1.165, 1.54) is 19.2 Å². The Morgan fingerprint density at radius 3 is 2.57 bits per heavy atom. The number of methoxy groups -OCH3 is 2. The SMILES string of the molecule is COc1c(CO)cc(Cl)cc1S(=O)(=O)NC1CC(OC)C1. The van der Waals surface area contributed by atoms with E-state index in [-0.39, 0.29) is 34.4 Å². The smallest absolute Gasteiger partial charge is 0.244 e. The fraction of sp³-hybridized carbons (Fsp3) is 0.538. The molecule has 0 amide bonds. The summed E-state index contributed by atoms with van der Waals surface area (Å²) in [5, 5.41) is 9.53. The Morgan fingerprint density at radius 2 is 2.05 bits per heavy atom. The molecule has 8 heteroatoms. The van der Waals surface area contributed by atoms with Gasteiger partial charge in [-0.15, -0.1) is 0 Å². The normalized spacial score (nSPS) is 21.9. The number of rotatable bonds is 6. The lowest BCUT2D eigenvalue weighted by molar-refractivity contribution is 0.0236. The Labute approximate surface area is 129 Å². The standard InChI is InChI=1S/C13H18ClNO5S/c1-19-11-5-10(6-11)15-21(17,18)12-4-9(14)3-8(7-16)13(12)20-2/h3-4,10-11,15-16H,5-7H2,1-2H3. The fourth-order valence-electron chi connectivity index (χ4n) is 2.31. The molecule has 1 aromatic rings. The second-order valence-corrected chi connectivity index (χ2v) is 7.02. The van der Waals surface area contributed by atoms with Crippen molar-refractivity contribution in [2.24, 2.45) is 0 Å². The van der Waals surface area contributed by atoms with Gasteiger partial charge in [0.25, 0.3) is 0 Å². The summed E-state index contributed by atoms with van der Waals surface area (Å²) in [4.78, 5) is -0.0672. The van der Waals surface area contributed by atoms with Gasteiger partial charge in [0.1, 0.15) is 10.6 Å². The largest absolute Gasteiger partial charge is 0.495 e. The second-order valence-electron chi connectivity index (χ2n) is 4.90. The molecular formula is C13H18ClNO5S. The van der Waals surface area contributed by atoms with E-state index in [0.29, 0.717) is 18.4 Å². The molecule has 0 radical (unpaired) electrons. The maximum atomic E-state index is 12.5. The van der Waals surface area contributed by atoms with Crippen LogP contribution < -0.4 is 9.46 Å². The molecular weight excluding hydrogens is 318 g/mol. The molecule has 1 aliphatic rings. The monoisotopic (exact) mass is 335 g/mol. The second kappa shape index (κ2) is 6.50. The van der Waals surface area contributed by atoms with Gasteiger partial charge in [-0.05, 0) is 25.0 Å². The van der Waals surface area contributed by atoms with Crippen molar-refractivity contribution >= 4 is 21.6 Å². The van der Waals surface area contributed by atoms with Crippen molar-refractivity contribution in [2.75, 3.05) is 14.2 Å². The Balaban J connectivity index is 2.29. The predicted molar refractivity (Wildman–Crippen MR) is 78.1 cm³/mol. The summed E-state index contributed by atoms with van der Waals surface area (Å²) in [6, 6.07) is 2.62. The van der Waals surface area contributed by atoms with Gasteiger partial charge in [-0.2, -0.15) is 0 Å². The van der Waals surface area contributed by atoms with E-state index in [1.807, 2.05) is 0 Å². The van der Waals surface area contributed by atoms with E-state index >= 15 is 0 Å². The first kappa shape index (κ1) is 16.5. The van der Waals surface area contributed by atoms with Gasteiger partial charge in [-0.1, -0.05) is 11.6 Å². The summed E-state index contributed by atoms with van der Waals surface area (Å²) in [5.74, 6) is 0.108. The highest BCUT2D eigenvalue weighted by atomic mass is 35.5. The zero-order valence-electron chi connectivity index (χ0n) is 11.8. The maximum absolute atomic E-state index is 12.5. The zero-order chi connectivity index (χ0) is 15.6. The van der Waals surface area contributed by atoms with Crippen LogP contribution in [0.1, 0.15) is 18.4 Å². The quantitative estimate of drug-likeness (QED) is 0.818. The molecule has 0 atom stereocenters. The van der Waals surface area contributed by atoms with Gasteiger partial charge in [-0.25, -0.2) is 13.1 Å². The van der Waals surface area contributed by atoms with Gasteiger partial charge in [0.15, 0.2) is 0 Å². The highest BCUT2D eigenvalue weighted by Crippen LogP contribution is 2.33. The topological polar surface area (TPSA) is 84.9 Å². The van der Waals surface area contributed by atoms with Crippen molar-refractivity contribution in [1.29, 1.82) is 0 Å². The average molecular weight is 336 g/mol. The van der Waals surface area contributed by atoms with Crippen molar-refractivity contribution in [1.82, 2.24) is 4.72 Å². The molecule has 0 spiro atoms. The number of halogens is 1. The lowest BCUT2D eigenvalue weighted by Crippen LogP contribution is -2.47. The molecule has 2 rings (SSSR count). The van der Waals surface area contributed by atoms with Gasteiger partial charge in [0, 0.05) is 23.7 Å². The molecule has 0 heterocycles. The number of aliphatic hydroxyl groups excluding tert-OH is 1. The van der Waals surface area contributed by atoms with E-state index in [4.69, 9.17) is 21.1 Å². The van der Waals surface area contributed by atoms with Crippen LogP contribution >= 0.6 is 11.6 Å². The number of sulfonamides is 1. The first-order valence-corrected chi connectivity index (χ1v) is 8.29. The van der Waals surface area contributed by atoms with Gasteiger partial charge >= 0.3 is 0 Å². The van der Waals surface area contributed by atoms with E-state index < -0.39 is 10.0 Å². The minimum atomic E-state index is -3.78. The molecule has 21 heavy (non-hydrogen) atoms. The van der Waals surface area contributed by atoms with Crippen LogP contribution in [0.2, 0.25) is 5.02 Å². The summed E-state index contributed by atoms with van der Waals surface area (Å²) in [6.07, 6.45) is 1.35. The van der Waals surface area contributed by atoms with Crippen LogP contribution in [0.5, 0.6) is 5.75 Å². The van der Waals surface area contributed by atoms with Crippen LogP contribution in [-0.4, -0.2) is 39.9 Å². The molecule has 1 aromatic carbocycles. The summed E-state index contributed by atoms with van der Waals surface area (Å²) in [5.41, 5.74) is 0.328. The molecule has 1 saturated carbocycles. The Bertz CT molecular complexity index is 613. The summed E-state index contributed by atoms with van der Waals surface area (Å²) >= 11 is 5.91. The van der Waals surface area contributed by atoms with Crippen molar-refractivity contribution in [3.05, 3.63) is 22.7 Å². The number of benzene rings is 1. The van der Waals surface area contributed by atoms with Crippen LogP contribution in [0.25, 0.3) is 0 Å². The highest BCUT2D eigenvalue weighted by Gasteiger charge is 2.34. The van der Waals surface area contributed by atoms with Gasteiger partial charge in [0.05, 0.1) is 19.8 Å². The van der Waals surface area contributed by atoms with Gasteiger partial charge in [-0.3, -0.25) is 0 Å². The molecule has 118 valence electrons. The third kappa shape index (κ3) is 3.49. The third-order valence-electron chi connectivity index (χ3n) is 3.51. The Hall–Kier alpha value is -0.860. The first-order valence-electron chi connectivity index (χ1n) is 6.43. The number of hydrogen-bond donors (Lipinski definition) is 2. The Morgan fingerprint density at radius 1 is 1.38 bits per heavy atom. The van der Waals surface area contributed by atoms with Crippen molar-refractivity contribution in [2.45, 2.75) is 36.5 Å². The highest BCUT2D eigenvalue weighted by molar-refractivity contribution is 7.89. The first-order chi connectivity index (χ1) is 9.91. The van der Waals surface area contributed by atoms with E-state index in [1.54, 1.807) is 7.11 Å². The lowest BCUT2D eigenvalue weighted by atomic mass is 9.90. The van der Waals surface area contributed by atoms with Gasteiger partial charge in [0.2, 0.25) is 10.0 Å². The van der Waals surface area contributed by atoms with E-state index in [2.05, 4.69) is 4.72 Å². The molecule has 2 N–H and O–H groups in total. The number of ether oxygens (including phenoxy) is 2. The van der Waals surface area contributed by atoms with E-state index in [0.717, 1.165) is 0 Å². The number of aliphatic hydroxyl groups is 1. The summed E-state index contributed by atoms with van der Waals surface area (Å²) in [6.45, 7) is -0.360. The Kier molecular flexibility index (Phi) is 5.11. The predicted octanol–water partition coefficient (Wildman–Crippen LogP) is 1.30. The fourth-order valence-corrected chi connectivity index (χ4v) is 4.11. The van der Waals surface area contributed by atoms with Crippen molar-refractivity contribution in [3.63, 3.8) is 0 Å². The lowest BCUT2D eigenvalue weighted by Gasteiger charge is -2.34. The van der Waals surface area contributed by atoms with Crippen LogP contribution in [-0.2, 0) is 21.4 Å². The zero-order valence-corrected chi connectivity index (χ0v) is 13.4. The molecule has 1 aliphatic carbocycles. The van der Waals surface area contributed by atoms with Crippen LogP contribution in [0.15, 0.2) is 17.0 Å². The summed E-state index contributed by atoms with van der Waals surface area (Å²) < 4.78 is 37.8. The molecule has 0 saturated heterocycles. The molecule has 0 aromatic heterocycles. The van der Waals surface area contributed by atoms with Crippen LogP contribution in [0, 0.1) is 0 Å². The van der Waals surface area contributed by atoms with Crippen LogP contribution in [0.3, 0.4) is 0 Å². The molecule has 0 unspecified atom stereocenters. The van der Waals surface area contributed by atoms with Crippen LogP contribution in [0.4, 0.5) is 0 Å². The summed E-state index contributed by atoms with van der Waals surface area (Å²) in [7, 11) is -0.823. The average Bonchev–Trinajstić information content (AvgIpc) is 2.41. The van der Waals surface area contributed by atoms with Gasteiger partial charge < -0.3 is 14.6 Å². The third-order valence-corrected chi connectivity index (χ3v) is 5.25. The van der Waals surface area contributed by atoms with Crippen molar-refractivity contribution in [3.8, 4) is 5.75 Å². The molecule has 6 nitrogen and oxygen atoms in total.